The van der Waals surface area contributed by atoms with E-state index in [1.807, 2.05) is 30.3 Å². The molecule has 3 aromatic rings. The van der Waals surface area contributed by atoms with E-state index in [0.717, 1.165) is 5.56 Å². The summed E-state index contributed by atoms with van der Waals surface area (Å²) in [7, 11) is 0. The number of nitrogens with zero attached hydrogens (tertiary/aromatic N) is 6. The highest BCUT2D eigenvalue weighted by atomic mass is 16.6. The lowest BCUT2D eigenvalue weighted by molar-refractivity contribution is -0.384. The highest BCUT2D eigenvalue weighted by Crippen LogP contribution is 2.13. The highest BCUT2D eigenvalue weighted by Gasteiger charge is 2.09. The van der Waals surface area contributed by atoms with Crippen molar-refractivity contribution in [2.45, 2.75) is 13.5 Å². The zero-order valence-electron chi connectivity index (χ0n) is 14.3. The summed E-state index contributed by atoms with van der Waals surface area (Å²) in [5.74, 6) is 0.00207. The zero-order chi connectivity index (χ0) is 19.2. The van der Waals surface area contributed by atoms with Gasteiger partial charge in [-0.25, -0.2) is 5.43 Å². The largest absolute Gasteiger partial charge is 0.271 e. The zero-order valence-corrected chi connectivity index (χ0v) is 14.3. The Hall–Kier alpha value is -3.95. The van der Waals surface area contributed by atoms with E-state index in [-0.39, 0.29) is 12.2 Å². The second-order valence-corrected chi connectivity index (χ2v) is 5.55. The molecule has 10 nitrogen and oxygen atoms in total. The number of carbonyl (C=O) groups excluding carboxylic acids is 1. The minimum Gasteiger partial charge on any atom is -0.271 e. The van der Waals surface area contributed by atoms with Crippen LogP contribution in [0.25, 0.3) is 11.4 Å². The number of tetrazole rings is 1. The number of rotatable bonds is 6. The molecule has 0 aliphatic heterocycles. The maximum atomic E-state index is 12.0. The van der Waals surface area contributed by atoms with Gasteiger partial charge in [-0.3, -0.25) is 14.9 Å². The van der Waals surface area contributed by atoms with E-state index < -0.39 is 10.8 Å². The lowest BCUT2D eigenvalue weighted by Gasteiger charge is -2.02. The number of nitro groups is 1. The van der Waals surface area contributed by atoms with Crippen LogP contribution in [0.15, 0.2) is 59.7 Å². The standard InChI is InChI=1S/C17H15N7O3/c1-12(13-7-9-15(10-8-13)24(26)27)18-19-16(25)11-23-21-17(20-22-23)14-5-3-2-4-6-14/h2-10H,11H2,1H3,(H,19,25)/b18-12+. The van der Waals surface area contributed by atoms with Crippen molar-refractivity contribution < 1.29 is 9.72 Å². The van der Waals surface area contributed by atoms with Crippen LogP contribution >= 0.6 is 0 Å². The van der Waals surface area contributed by atoms with Crippen LogP contribution in [-0.4, -0.2) is 36.7 Å². The molecule has 0 aliphatic rings. The molecular formula is C17H15N7O3. The van der Waals surface area contributed by atoms with Crippen molar-refractivity contribution in [1.29, 1.82) is 0 Å². The van der Waals surface area contributed by atoms with Crippen molar-refractivity contribution in [3.63, 3.8) is 0 Å². The minimum atomic E-state index is -0.479. The number of amides is 1. The van der Waals surface area contributed by atoms with Crippen LogP contribution in [0.3, 0.4) is 0 Å². The van der Waals surface area contributed by atoms with Crippen molar-refractivity contribution in [3.8, 4) is 11.4 Å². The van der Waals surface area contributed by atoms with Gasteiger partial charge in [0, 0.05) is 17.7 Å². The molecule has 136 valence electrons. The average Bonchev–Trinajstić information content (AvgIpc) is 3.15. The fourth-order valence-electron chi connectivity index (χ4n) is 2.21. The Morgan fingerprint density at radius 1 is 1.19 bits per heavy atom. The SMILES string of the molecule is C/C(=N\NC(=O)Cn1nnc(-c2ccccc2)n1)c1ccc([N+](=O)[O-])cc1. The molecule has 2 aromatic carbocycles. The number of hydrogen-bond acceptors (Lipinski definition) is 7. The third-order valence-corrected chi connectivity index (χ3v) is 3.61. The van der Waals surface area contributed by atoms with Crippen LogP contribution in [-0.2, 0) is 11.3 Å². The number of aromatic nitrogens is 4. The van der Waals surface area contributed by atoms with Crippen LogP contribution in [0.1, 0.15) is 12.5 Å². The molecule has 0 spiro atoms. The normalized spacial score (nSPS) is 11.2. The molecule has 0 saturated carbocycles. The molecule has 10 heteroatoms. The van der Waals surface area contributed by atoms with E-state index in [9.17, 15) is 14.9 Å². The van der Waals surface area contributed by atoms with Gasteiger partial charge in [0.25, 0.3) is 11.6 Å². The monoisotopic (exact) mass is 365 g/mol. The lowest BCUT2D eigenvalue weighted by atomic mass is 10.1. The lowest BCUT2D eigenvalue weighted by Crippen LogP contribution is -2.25. The van der Waals surface area contributed by atoms with Crippen molar-refractivity contribution in [3.05, 3.63) is 70.3 Å². The van der Waals surface area contributed by atoms with Crippen molar-refractivity contribution in [2.24, 2.45) is 5.10 Å². The van der Waals surface area contributed by atoms with Gasteiger partial charge >= 0.3 is 0 Å². The summed E-state index contributed by atoms with van der Waals surface area (Å²) in [5, 5.41) is 26.6. The topological polar surface area (TPSA) is 128 Å². The minimum absolute atomic E-state index is 0.0120. The fraction of sp³-hybridized carbons (Fsp3) is 0.118. The Morgan fingerprint density at radius 3 is 2.56 bits per heavy atom. The third kappa shape index (κ3) is 4.57. The number of nitrogens with one attached hydrogen (secondary N) is 1. The maximum Gasteiger partial charge on any atom is 0.269 e. The number of hydrazone groups is 1. The van der Waals surface area contributed by atoms with Crippen LogP contribution in [0.2, 0.25) is 0 Å². The van der Waals surface area contributed by atoms with Gasteiger partial charge in [-0.2, -0.15) is 9.90 Å². The molecule has 0 saturated heterocycles. The number of benzene rings is 2. The predicted octanol–water partition coefficient (Wildman–Crippen LogP) is 1.79. The molecule has 1 amide bonds. The van der Waals surface area contributed by atoms with Crippen molar-refractivity contribution in [1.82, 2.24) is 25.6 Å². The van der Waals surface area contributed by atoms with Gasteiger partial charge in [-0.1, -0.05) is 30.3 Å². The Balaban J connectivity index is 1.60. The first kappa shape index (κ1) is 17.9. The first-order chi connectivity index (χ1) is 13.0. The van der Waals surface area contributed by atoms with Gasteiger partial charge in [0.05, 0.1) is 10.6 Å². The summed E-state index contributed by atoms with van der Waals surface area (Å²) in [6, 6.07) is 15.2. The molecule has 27 heavy (non-hydrogen) atoms. The van der Waals surface area contributed by atoms with Crippen LogP contribution in [0, 0.1) is 10.1 Å². The van der Waals surface area contributed by atoms with Crippen LogP contribution in [0.5, 0.6) is 0 Å². The van der Waals surface area contributed by atoms with Crippen molar-refractivity contribution in [2.75, 3.05) is 0 Å². The highest BCUT2D eigenvalue weighted by molar-refractivity contribution is 5.99. The van der Waals surface area contributed by atoms with E-state index in [2.05, 4.69) is 25.9 Å². The molecule has 0 bridgehead atoms. The fourth-order valence-corrected chi connectivity index (χ4v) is 2.21. The van der Waals surface area contributed by atoms with Gasteiger partial charge in [-0.15, -0.1) is 10.2 Å². The molecular weight excluding hydrogens is 350 g/mol. The summed E-state index contributed by atoms with van der Waals surface area (Å²) in [4.78, 5) is 23.4. The average molecular weight is 365 g/mol. The smallest absolute Gasteiger partial charge is 0.269 e. The molecule has 0 aliphatic carbocycles. The maximum absolute atomic E-state index is 12.0. The van der Waals surface area contributed by atoms with Gasteiger partial charge in [0.2, 0.25) is 5.82 Å². The van der Waals surface area contributed by atoms with Crippen LogP contribution < -0.4 is 5.43 Å². The summed E-state index contributed by atoms with van der Waals surface area (Å²) in [6.45, 7) is 1.54. The molecule has 1 aromatic heterocycles. The van der Waals surface area contributed by atoms with Crippen LogP contribution in [0.4, 0.5) is 5.69 Å². The first-order valence-corrected chi connectivity index (χ1v) is 7.94. The summed E-state index contributed by atoms with van der Waals surface area (Å²) >= 11 is 0. The van der Waals surface area contributed by atoms with E-state index in [1.165, 1.54) is 16.9 Å². The molecule has 0 radical (unpaired) electrons. The Kier molecular flexibility index (Phi) is 5.26. The van der Waals surface area contributed by atoms with Gasteiger partial charge in [0.15, 0.2) is 0 Å². The van der Waals surface area contributed by atoms with Gasteiger partial charge < -0.3 is 0 Å². The Bertz CT molecular complexity index is 981. The quantitative estimate of drug-likeness (QED) is 0.403. The first-order valence-electron chi connectivity index (χ1n) is 7.94. The predicted molar refractivity (Wildman–Crippen MR) is 96.7 cm³/mol. The molecule has 0 unspecified atom stereocenters. The second-order valence-electron chi connectivity index (χ2n) is 5.55. The molecule has 0 atom stereocenters. The molecule has 3 rings (SSSR count). The molecule has 1 heterocycles. The number of nitro benzene ring substituents is 1. The van der Waals surface area contributed by atoms with E-state index in [1.54, 1.807) is 19.1 Å². The number of non-ortho nitro benzene ring substituents is 1. The van der Waals surface area contributed by atoms with E-state index >= 15 is 0 Å². The summed E-state index contributed by atoms with van der Waals surface area (Å²) in [5.41, 5.74) is 4.36. The Labute approximate surface area is 153 Å². The molecule has 0 fully saturated rings. The number of carbonyl (C=O) groups is 1. The second kappa shape index (κ2) is 7.95. The number of hydrogen-bond donors (Lipinski definition) is 1. The third-order valence-electron chi connectivity index (χ3n) is 3.61. The summed E-state index contributed by atoms with van der Waals surface area (Å²) < 4.78 is 0. The van der Waals surface area contributed by atoms with E-state index in [0.29, 0.717) is 17.1 Å². The van der Waals surface area contributed by atoms with Crippen molar-refractivity contribution >= 4 is 17.3 Å². The molecule has 1 N–H and O–H groups in total. The van der Waals surface area contributed by atoms with Gasteiger partial charge in [-0.05, 0) is 29.8 Å². The van der Waals surface area contributed by atoms with E-state index in [4.69, 9.17) is 0 Å². The summed E-state index contributed by atoms with van der Waals surface area (Å²) in [6.07, 6.45) is 0. The van der Waals surface area contributed by atoms with Gasteiger partial charge in [0.1, 0.15) is 6.54 Å². The Morgan fingerprint density at radius 2 is 1.89 bits per heavy atom.